The van der Waals surface area contributed by atoms with Crippen molar-refractivity contribution in [3.63, 3.8) is 0 Å². The molecule has 0 radical (unpaired) electrons. The van der Waals surface area contributed by atoms with Gasteiger partial charge in [0, 0.05) is 12.1 Å². The summed E-state index contributed by atoms with van der Waals surface area (Å²) in [5.41, 5.74) is 0.318. The summed E-state index contributed by atoms with van der Waals surface area (Å²) in [4.78, 5) is 10.9. The number of nitrogens with one attached hydrogen (secondary N) is 1. The molecule has 0 fully saturated rings. The van der Waals surface area contributed by atoms with Crippen molar-refractivity contribution in [2.24, 2.45) is 0 Å². The third kappa shape index (κ3) is 3.09. The number of hydrogen-bond donors (Lipinski definition) is 1. The first-order valence-corrected chi connectivity index (χ1v) is 4.86. The highest BCUT2D eigenvalue weighted by Crippen LogP contribution is 2.20. The van der Waals surface area contributed by atoms with Gasteiger partial charge in [0.15, 0.2) is 0 Å². The minimum Gasteiger partial charge on any atom is -0.496 e. The molecule has 0 saturated carbocycles. The Kier molecular flexibility index (Phi) is 4.37. The number of hydrogen-bond acceptors (Lipinski definition) is 2. The monoisotopic (exact) mass is 231 g/mol. The lowest BCUT2D eigenvalue weighted by Gasteiger charge is -2.09. The first-order valence-electron chi connectivity index (χ1n) is 4.33. The highest BCUT2D eigenvalue weighted by atomic mass is 35.5. The van der Waals surface area contributed by atoms with E-state index in [1.54, 1.807) is 12.1 Å². The van der Waals surface area contributed by atoms with Gasteiger partial charge in [-0.3, -0.25) is 4.79 Å². The van der Waals surface area contributed by atoms with E-state index in [-0.39, 0.29) is 18.3 Å². The van der Waals surface area contributed by atoms with E-state index in [0.717, 1.165) is 0 Å². The van der Waals surface area contributed by atoms with Crippen molar-refractivity contribution in [1.82, 2.24) is 5.32 Å². The van der Waals surface area contributed by atoms with E-state index >= 15 is 0 Å². The van der Waals surface area contributed by atoms with Crippen LogP contribution in [0.4, 0.5) is 4.39 Å². The van der Waals surface area contributed by atoms with Gasteiger partial charge < -0.3 is 10.1 Å². The van der Waals surface area contributed by atoms with Crippen LogP contribution in [0.15, 0.2) is 18.2 Å². The van der Waals surface area contributed by atoms with Crippen molar-refractivity contribution >= 4 is 17.5 Å². The summed E-state index contributed by atoms with van der Waals surface area (Å²) in [5.74, 6) is -0.493. The first kappa shape index (κ1) is 11.8. The molecular formula is C10H11ClFNO2. The van der Waals surface area contributed by atoms with Gasteiger partial charge in [0.05, 0.1) is 7.11 Å². The lowest BCUT2D eigenvalue weighted by Crippen LogP contribution is -2.24. The second-order valence-electron chi connectivity index (χ2n) is 2.83. The van der Waals surface area contributed by atoms with E-state index in [0.29, 0.717) is 11.3 Å². The Balaban J connectivity index is 2.78. The molecule has 1 aromatic carbocycles. The maximum absolute atomic E-state index is 13.3. The van der Waals surface area contributed by atoms with Crippen molar-refractivity contribution in [1.29, 1.82) is 0 Å². The zero-order chi connectivity index (χ0) is 11.3. The highest BCUT2D eigenvalue weighted by Gasteiger charge is 2.09. The van der Waals surface area contributed by atoms with Crippen LogP contribution in [-0.4, -0.2) is 18.9 Å². The van der Waals surface area contributed by atoms with E-state index in [2.05, 4.69) is 5.32 Å². The first-order chi connectivity index (χ1) is 7.19. The maximum Gasteiger partial charge on any atom is 0.235 e. The Labute approximate surface area is 92.2 Å². The summed E-state index contributed by atoms with van der Waals surface area (Å²) >= 11 is 5.29. The minimum atomic E-state index is -0.413. The molecule has 0 saturated heterocycles. The average molecular weight is 232 g/mol. The van der Waals surface area contributed by atoms with Crippen LogP contribution >= 0.6 is 11.6 Å². The van der Waals surface area contributed by atoms with Gasteiger partial charge in [-0.2, -0.15) is 0 Å². The van der Waals surface area contributed by atoms with Crippen molar-refractivity contribution < 1.29 is 13.9 Å². The van der Waals surface area contributed by atoms with Gasteiger partial charge in [-0.25, -0.2) is 4.39 Å². The molecule has 1 amide bonds. The quantitative estimate of drug-likeness (QED) is 0.801. The Morgan fingerprint density at radius 2 is 2.33 bits per heavy atom. The molecule has 0 aromatic heterocycles. The Hall–Kier alpha value is -1.29. The maximum atomic E-state index is 13.3. The number of methoxy groups -OCH3 is 1. The second-order valence-corrected chi connectivity index (χ2v) is 3.10. The smallest absolute Gasteiger partial charge is 0.235 e. The van der Waals surface area contributed by atoms with Crippen LogP contribution in [0.3, 0.4) is 0 Å². The van der Waals surface area contributed by atoms with Gasteiger partial charge in [-0.15, -0.1) is 11.6 Å². The fourth-order valence-electron chi connectivity index (χ4n) is 1.14. The summed E-state index contributed by atoms with van der Waals surface area (Å²) in [7, 11) is 1.45. The number of halogens is 2. The van der Waals surface area contributed by atoms with Crippen LogP contribution in [0.1, 0.15) is 5.56 Å². The number of ether oxygens (including phenoxy) is 1. The molecule has 1 N–H and O–H groups in total. The standard InChI is InChI=1S/C10H11ClFNO2/c1-15-9-4-2-3-8(12)7(9)6-13-10(14)5-11/h2-4H,5-6H2,1H3,(H,13,14). The summed E-state index contributed by atoms with van der Waals surface area (Å²) < 4.78 is 18.3. The van der Waals surface area contributed by atoms with Crippen LogP contribution in [0.2, 0.25) is 0 Å². The Morgan fingerprint density at radius 1 is 1.60 bits per heavy atom. The highest BCUT2D eigenvalue weighted by molar-refractivity contribution is 6.27. The van der Waals surface area contributed by atoms with E-state index < -0.39 is 5.82 Å². The number of rotatable bonds is 4. The lowest BCUT2D eigenvalue weighted by atomic mass is 10.2. The predicted molar refractivity (Wildman–Crippen MR) is 55.5 cm³/mol. The van der Waals surface area contributed by atoms with Crippen LogP contribution in [0, 0.1) is 5.82 Å². The fraction of sp³-hybridized carbons (Fsp3) is 0.300. The molecular weight excluding hydrogens is 221 g/mol. The molecule has 0 aliphatic heterocycles. The summed E-state index contributed by atoms with van der Waals surface area (Å²) in [6, 6.07) is 4.48. The number of carbonyl (C=O) groups is 1. The molecule has 0 aliphatic carbocycles. The minimum absolute atomic E-state index is 0.0708. The third-order valence-electron chi connectivity index (χ3n) is 1.88. The number of carbonyl (C=O) groups excluding carboxylic acids is 1. The Morgan fingerprint density at radius 3 is 2.93 bits per heavy atom. The van der Waals surface area contributed by atoms with Crippen LogP contribution in [-0.2, 0) is 11.3 Å². The lowest BCUT2D eigenvalue weighted by molar-refractivity contribution is -0.118. The van der Waals surface area contributed by atoms with Gasteiger partial charge in [0.1, 0.15) is 17.4 Å². The summed E-state index contributed by atoms with van der Waals surface area (Å²) in [6.45, 7) is 0.0708. The van der Waals surface area contributed by atoms with Crippen LogP contribution in [0.5, 0.6) is 5.75 Å². The van der Waals surface area contributed by atoms with Crippen molar-refractivity contribution in [3.8, 4) is 5.75 Å². The molecule has 1 aromatic rings. The molecule has 15 heavy (non-hydrogen) atoms. The van der Waals surface area contributed by atoms with Gasteiger partial charge in [0.25, 0.3) is 0 Å². The molecule has 0 unspecified atom stereocenters. The van der Waals surface area contributed by atoms with Gasteiger partial charge in [-0.1, -0.05) is 6.07 Å². The zero-order valence-electron chi connectivity index (χ0n) is 8.22. The summed E-state index contributed by atoms with van der Waals surface area (Å²) in [6.07, 6.45) is 0. The van der Waals surface area contributed by atoms with E-state index in [9.17, 15) is 9.18 Å². The van der Waals surface area contributed by atoms with E-state index in [1.165, 1.54) is 13.2 Å². The van der Waals surface area contributed by atoms with E-state index in [1.807, 2.05) is 0 Å². The Bertz CT molecular complexity index is 357. The van der Waals surface area contributed by atoms with Gasteiger partial charge in [-0.05, 0) is 12.1 Å². The molecule has 5 heteroatoms. The van der Waals surface area contributed by atoms with Crippen molar-refractivity contribution in [2.75, 3.05) is 13.0 Å². The normalized spacial score (nSPS) is 9.80. The van der Waals surface area contributed by atoms with Crippen LogP contribution < -0.4 is 10.1 Å². The number of alkyl halides is 1. The molecule has 3 nitrogen and oxygen atoms in total. The predicted octanol–water partition coefficient (Wildman–Crippen LogP) is 1.69. The molecule has 1 rings (SSSR count). The molecule has 82 valence electrons. The largest absolute Gasteiger partial charge is 0.496 e. The molecule has 0 heterocycles. The third-order valence-corrected chi connectivity index (χ3v) is 2.12. The average Bonchev–Trinajstić information content (AvgIpc) is 2.26. The van der Waals surface area contributed by atoms with Gasteiger partial charge >= 0.3 is 0 Å². The van der Waals surface area contributed by atoms with Crippen molar-refractivity contribution in [2.45, 2.75) is 6.54 Å². The molecule has 0 atom stereocenters. The number of amides is 1. The van der Waals surface area contributed by atoms with Gasteiger partial charge in [0.2, 0.25) is 5.91 Å². The second kappa shape index (κ2) is 5.56. The topological polar surface area (TPSA) is 38.3 Å². The summed E-state index contributed by atoms with van der Waals surface area (Å²) in [5, 5.41) is 2.47. The number of benzene rings is 1. The van der Waals surface area contributed by atoms with Crippen LogP contribution in [0.25, 0.3) is 0 Å². The molecule has 0 aliphatic rings. The molecule has 0 bridgehead atoms. The van der Waals surface area contributed by atoms with Crippen molar-refractivity contribution in [3.05, 3.63) is 29.6 Å². The zero-order valence-corrected chi connectivity index (χ0v) is 8.97. The SMILES string of the molecule is COc1cccc(F)c1CNC(=O)CCl. The molecule has 0 spiro atoms. The fourth-order valence-corrected chi connectivity index (χ4v) is 1.23. The van der Waals surface area contributed by atoms with E-state index in [4.69, 9.17) is 16.3 Å².